The number of rotatable bonds is 5. The number of carboxylic acids is 1. The number of carboxylic acid groups (broad SMARTS) is 1. The van der Waals surface area contributed by atoms with Crippen LogP contribution in [0.15, 0.2) is 48.8 Å². The average molecular weight is 269 g/mol. The molecule has 0 aliphatic carbocycles. The maximum absolute atomic E-state index is 12.6. The van der Waals surface area contributed by atoms with Crippen LogP contribution in [0.2, 0.25) is 0 Å². The van der Waals surface area contributed by atoms with Crippen molar-refractivity contribution in [3.8, 4) is 0 Å². The number of pyridine rings is 1. The third-order valence-electron chi connectivity index (χ3n) is 3.19. The Labute approximate surface area is 117 Å². The number of nitrogens with zero attached hydrogens (tertiary/aromatic N) is 1. The normalized spacial score (nSPS) is 11.8. The molecule has 1 aromatic heterocycles. The van der Waals surface area contributed by atoms with Gasteiger partial charge in [0.2, 0.25) is 0 Å². The van der Waals surface area contributed by atoms with E-state index in [1.807, 2.05) is 19.1 Å². The fourth-order valence-electron chi connectivity index (χ4n) is 2.16. The van der Waals surface area contributed by atoms with Crippen LogP contribution in [0.4, 0.5) is 0 Å². The van der Waals surface area contributed by atoms with Crippen molar-refractivity contribution in [2.75, 3.05) is 0 Å². The Morgan fingerprint density at radius 2 is 1.95 bits per heavy atom. The van der Waals surface area contributed by atoms with Gasteiger partial charge in [-0.25, -0.2) is 0 Å². The molecule has 0 spiro atoms. The summed E-state index contributed by atoms with van der Waals surface area (Å²) in [6.07, 6.45) is 2.90. The molecule has 20 heavy (non-hydrogen) atoms. The highest BCUT2D eigenvalue weighted by molar-refractivity contribution is 6.03. The maximum Gasteiger partial charge on any atom is 0.304 e. The third-order valence-corrected chi connectivity index (χ3v) is 3.19. The molecule has 2 aromatic rings. The summed E-state index contributed by atoms with van der Waals surface area (Å²) in [6, 6.07) is 10.6. The Bertz CT molecular complexity index is 623. The van der Waals surface area contributed by atoms with Crippen molar-refractivity contribution in [3.63, 3.8) is 0 Å². The van der Waals surface area contributed by atoms with Crippen LogP contribution >= 0.6 is 0 Å². The number of aliphatic carboxylic acids is 1. The van der Waals surface area contributed by atoms with E-state index in [1.165, 1.54) is 0 Å². The predicted octanol–water partition coefficient (Wildman–Crippen LogP) is 2.83. The molecule has 0 bridgehead atoms. The van der Waals surface area contributed by atoms with Gasteiger partial charge in [-0.3, -0.25) is 14.6 Å². The van der Waals surface area contributed by atoms with Crippen LogP contribution in [0.3, 0.4) is 0 Å². The van der Waals surface area contributed by atoms with Gasteiger partial charge in [0.05, 0.1) is 12.3 Å². The molecular weight excluding hydrogens is 254 g/mol. The Balaban J connectivity index is 2.40. The van der Waals surface area contributed by atoms with Crippen LogP contribution in [0, 0.1) is 6.92 Å². The summed E-state index contributed by atoms with van der Waals surface area (Å²) < 4.78 is 0. The molecule has 1 N–H and O–H groups in total. The highest BCUT2D eigenvalue weighted by Crippen LogP contribution is 2.25. The summed E-state index contributed by atoms with van der Waals surface area (Å²) in [7, 11) is 0. The lowest BCUT2D eigenvalue weighted by Gasteiger charge is -2.15. The third kappa shape index (κ3) is 3.09. The first kappa shape index (κ1) is 13.9. The molecule has 0 radical (unpaired) electrons. The van der Waals surface area contributed by atoms with Crippen LogP contribution in [-0.2, 0) is 4.79 Å². The summed E-state index contributed by atoms with van der Waals surface area (Å²) in [4.78, 5) is 27.6. The Morgan fingerprint density at radius 1 is 1.20 bits per heavy atom. The quantitative estimate of drug-likeness (QED) is 0.847. The lowest BCUT2D eigenvalue weighted by molar-refractivity contribution is -0.137. The molecule has 1 atom stereocenters. The summed E-state index contributed by atoms with van der Waals surface area (Å²) in [5.41, 5.74) is 2.03. The molecule has 0 saturated carbocycles. The molecule has 4 heteroatoms. The summed E-state index contributed by atoms with van der Waals surface area (Å²) in [6.45, 7) is 1.84. The van der Waals surface area contributed by atoms with Gasteiger partial charge < -0.3 is 5.11 Å². The summed E-state index contributed by atoms with van der Waals surface area (Å²) in [5, 5.41) is 9.04. The van der Waals surface area contributed by atoms with Gasteiger partial charge in [0.25, 0.3) is 0 Å². The zero-order valence-electron chi connectivity index (χ0n) is 11.1. The standard InChI is InChI=1S/C16H15NO3/c1-11-5-2-3-7-13(11)16(20)14(9-15(18)19)12-6-4-8-17-10-12/h2-8,10,14H,9H2,1H3,(H,18,19). The second kappa shape index (κ2) is 6.10. The van der Waals surface area contributed by atoms with E-state index in [0.29, 0.717) is 11.1 Å². The van der Waals surface area contributed by atoms with Gasteiger partial charge in [-0.1, -0.05) is 30.3 Å². The number of carbonyl (C=O) groups excluding carboxylic acids is 1. The number of hydrogen-bond acceptors (Lipinski definition) is 3. The van der Waals surface area contributed by atoms with Crippen molar-refractivity contribution in [1.29, 1.82) is 0 Å². The van der Waals surface area contributed by atoms with Crippen LogP contribution in [0.25, 0.3) is 0 Å². The minimum atomic E-state index is -0.999. The molecule has 2 rings (SSSR count). The van der Waals surface area contributed by atoms with E-state index in [0.717, 1.165) is 5.56 Å². The summed E-state index contributed by atoms with van der Waals surface area (Å²) in [5.74, 6) is -1.89. The van der Waals surface area contributed by atoms with Crippen molar-refractivity contribution >= 4 is 11.8 Å². The molecule has 4 nitrogen and oxygen atoms in total. The van der Waals surface area contributed by atoms with E-state index < -0.39 is 11.9 Å². The molecule has 0 amide bonds. The fraction of sp³-hybridized carbons (Fsp3) is 0.188. The van der Waals surface area contributed by atoms with Crippen LogP contribution in [0.1, 0.15) is 33.8 Å². The van der Waals surface area contributed by atoms with Crippen molar-refractivity contribution in [3.05, 3.63) is 65.5 Å². The molecule has 0 aliphatic rings. The Kier molecular flexibility index (Phi) is 4.25. The van der Waals surface area contributed by atoms with Crippen LogP contribution in [-0.4, -0.2) is 21.8 Å². The second-order valence-corrected chi connectivity index (χ2v) is 4.62. The van der Waals surface area contributed by atoms with Crippen molar-refractivity contribution in [2.24, 2.45) is 0 Å². The van der Waals surface area contributed by atoms with Gasteiger partial charge in [0.1, 0.15) is 0 Å². The number of benzene rings is 1. The van der Waals surface area contributed by atoms with Crippen LogP contribution < -0.4 is 0 Å². The van der Waals surface area contributed by atoms with Gasteiger partial charge in [-0.2, -0.15) is 0 Å². The van der Waals surface area contributed by atoms with Crippen LogP contribution in [0.5, 0.6) is 0 Å². The zero-order chi connectivity index (χ0) is 14.5. The van der Waals surface area contributed by atoms with Gasteiger partial charge in [0, 0.05) is 18.0 Å². The maximum atomic E-state index is 12.6. The Hall–Kier alpha value is -2.49. The average Bonchev–Trinajstić information content (AvgIpc) is 2.45. The first-order chi connectivity index (χ1) is 9.59. The second-order valence-electron chi connectivity index (χ2n) is 4.62. The number of hydrogen-bond donors (Lipinski definition) is 1. The number of aryl methyl sites for hydroxylation is 1. The lowest BCUT2D eigenvalue weighted by atomic mass is 9.87. The monoisotopic (exact) mass is 269 g/mol. The molecule has 1 aromatic carbocycles. The van der Waals surface area contributed by atoms with Crippen molar-refractivity contribution in [1.82, 2.24) is 4.98 Å². The van der Waals surface area contributed by atoms with E-state index in [1.54, 1.807) is 36.7 Å². The van der Waals surface area contributed by atoms with Gasteiger partial charge in [0.15, 0.2) is 5.78 Å². The number of Topliss-reactive ketones (excluding diaryl/α,β-unsaturated/α-hetero) is 1. The van der Waals surface area contributed by atoms with E-state index in [9.17, 15) is 9.59 Å². The first-order valence-electron chi connectivity index (χ1n) is 6.31. The van der Waals surface area contributed by atoms with Crippen molar-refractivity contribution in [2.45, 2.75) is 19.3 Å². The molecular formula is C16H15NO3. The van der Waals surface area contributed by atoms with Crippen molar-refractivity contribution < 1.29 is 14.7 Å². The highest BCUT2D eigenvalue weighted by atomic mass is 16.4. The fourth-order valence-corrected chi connectivity index (χ4v) is 2.16. The SMILES string of the molecule is Cc1ccccc1C(=O)C(CC(=O)O)c1cccnc1. The number of ketones is 1. The molecule has 0 aliphatic heterocycles. The number of aromatic nitrogens is 1. The van der Waals surface area contributed by atoms with Gasteiger partial charge in [-0.15, -0.1) is 0 Å². The van der Waals surface area contributed by atoms with E-state index in [2.05, 4.69) is 4.98 Å². The molecule has 1 unspecified atom stereocenters. The van der Waals surface area contributed by atoms with E-state index in [-0.39, 0.29) is 12.2 Å². The predicted molar refractivity (Wildman–Crippen MR) is 74.7 cm³/mol. The number of carbonyl (C=O) groups is 2. The smallest absolute Gasteiger partial charge is 0.304 e. The minimum Gasteiger partial charge on any atom is -0.481 e. The molecule has 102 valence electrons. The molecule has 0 fully saturated rings. The lowest BCUT2D eigenvalue weighted by Crippen LogP contribution is -2.18. The zero-order valence-corrected chi connectivity index (χ0v) is 11.1. The molecule has 0 saturated heterocycles. The Morgan fingerprint density at radius 3 is 2.55 bits per heavy atom. The first-order valence-corrected chi connectivity index (χ1v) is 6.31. The highest BCUT2D eigenvalue weighted by Gasteiger charge is 2.25. The van der Waals surface area contributed by atoms with Gasteiger partial charge >= 0.3 is 5.97 Å². The molecule has 1 heterocycles. The van der Waals surface area contributed by atoms with Gasteiger partial charge in [-0.05, 0) is 24.1 Å². The van der Waals surface area contributed by atoms with E-state index in [4.69, 9.17) is 5.11 Å². The minimum absolute atomic E-state index is 0.182. The summed E-state index contributed by atoms with van der Waals surface area (Å²) >= 11 is 0. The van der Waals surface area contributed by atoms with E-state index >= 15 is 0 Å². The largest absolute Gasteiger partial charge is 0.481 e. The topological polar surface area (TPSA) is 67.3 Å².